The molecule has 3 rings (SSSR count). The number of para-hydroxylation sites is 2. The first-order chi connectivity index (χ1) is 11.1. The van der Waals surface area contributed by atoms with E-state index in [1.165, 1.54) is 0 Å². The topological polar surface area (TPSA) is 67.8 Å². The molecular formula is C17H18N2O3S. The van der Waals surface area contributed by atoms with E-state index >= 15 is 0 Å². The van der Waals surface area contributed by atoms with Gasteiger partial charge in [-0.3, -0.25) is 0 Å². The fourth-order valence-corrected chi connectivity index (χ4v) is 3.52. The van der Waals surface area contributed by atoms with Gasteiger partial charge in [0.2, 0.25) is 0 Å². The number of unbranched alkanes of at least 4 members (excludes halogenated alkanes) is 1. The number of rotatable bonds is 5. The van der Waals surface area contributed by atoms with Gasteiger partial charge in [0.05, 0.1) is 12.3 Å². The molecule has 0 saturated heterocycles. The van der Waals surface area contributed by atoms with E-state index in [0.717, 1.165) is 12.8 Å². The molecule has 0 unspecified atom stereocenters. The molecule has 2 aromatic rings. The maximum absolute atomic E-state index is 12.1. The SMILES string of the molecule is CCCCOc1ccccc1NC1=NS(=O)(=O)c2ccccc21. The summed E-state index contributed by atoms with van der Waals surface area (Å²) >= 11 is 0. The monoisotopic (exact) mass is 330 g/mol. The highest BCUT2D eigenvalue weighted by molar-refractivity contribution is 7.90. The van der Waals surface area contributed by atoms with Crippen molar-refractivity contribution in [2.75, 3.05) is 11.9 Å². The number of fused-ring (bicyclic) bond motifs is 1. The molecule has 1 aliphatic rings. The molecule has 5 nitrogen and oxygen atoms in total. The summed E-state index contributed by atoms with van der Waals surface area (Å²) < 4.78 is 33.8. The molecule has 0 bridgehead atoms. The van der Waals surface area contributed by atoms with Crippen LogP contribution in [-0.2, 0) is 10.0 Å². The van der Waals surface area contributed by atoms with E-state index in [1.807, 2.05) is 24.3 Å². The van der Waals surface area contributed by atoms with Crippen LogP contribution in [0.25, 0.3) is 0 Å². The number of anilines is 1. The van der Waals surface area contributed by atoms with Gasteiger partial charge in [0.1, 0.15) is 10.6 Å². The minimum atomic E-state index is -3.62. The van der Waals surface area contributed by atoms with Gasteiger partial charge in [-0.1, -0.05) is 37.6 Å². The van der Waals surface area contributed by atoms with Crippen LogP contribution in [0.1, 0.15) is 25.3 Å². The number of sulfonamides is 1. The van der Waals surface area contributed by atoms with Crippen LogP contribution in [0.3, 0.4) is 0 Å². The zero-order valence-electron chi connectivity index (χ0n) is 12.8. The smallest absolute Gasteiger partial charge is 0.285 e. The highest BCUT2D eigenvalue weighted by Gasteiger charge is 2.28. The second-order valence-corrected chi connectivity index (χ2v) is 6.81. The quantitative estimate of drug-likeness (QED) is 0.853. The first-order valence-corrected chi connectivity index (χ1v) is 8.99. The van der Waals surface area contributed by atoms with Crippen molar-refractivity contribution < 1.29 is 13.2 Å². The van der Waals surface area contributed by atoms with Crippen molar-refractivity contribution in [3.63, 3.8) is 0 Å². The van der Waals surface area contributed by atoms with E-state index in [2.05, 4.69) is 16.6 Å². The van der Waals surface area contributed by atoms with Crippen LogP contribution in [0, 0.1) is 0 Å². The van der Waals surface area contributed by atoms with Gasteiger partial charge < -0.3 is 10.1 Å². The lowest BCUT2D eigenvalue weighted by molar-refractivity contribution is 0.311. The van der Waals surface area contributed by atoms with Crippen LogP contribution in [0.2, 0.25) is 0 Å². The van der Waals surface area contributed by atoms with Crippen LogP contribution >= 0.6 is 0 Å². The second-order valence-electron chi connectivity index (χ2n) is 5.23. The fraction of sp³-hybridized carbons (Fsp3) is 0.235. The first-order valence-electron chi connectivity index (χ1n) is 7.55. The highest BCUT2D eigenvalue weighted by Crippen LogP contribution is 2.30. The second kappa shape index (κ2) is 6.42. The van der Waals surface area contributed by atoms with Gasteiger partial charge in [0.15, 0.2) is 5.84 Å². The molecule has 0 saturated carbocycles. The number of nitrogens with zero attached hydrogens (tertiary/aromatic N) is 1. The first kappa shape index (κ1) is 15.6. The summed E-state index contributed by atoms with van der Waals surface area (Å²) in [6.07, 6.45) is 2.01. The molecule has 0 spiro atoms. The van der Waals surface area contributed by atoms with Crippen LogP contribution in [-0.4, -0.2) is 20.9 Å². The summed E-state index contributed by atoms with van der Waals surface area (Å²) in [6, 6.07) is 14.2. The molecule has 1 heterocycles. The standard InChI is InChI=1S/C17H18N2O3S/c1-2-3-12-22-15-10-6-5-9-14(15)18-17-13-8-4-7-11-16(13)23(20,21)19-17/h4-11H,2-3,12H2,1H3,(H,18,19). The summed E-state index contributed by atoms with van der Waals surface area (Å²) in [6.45, 7) is 2.72. The molecule has 2 aromatic carbocycles. The summed E-state index contributed by atoms with van der Waals surface area (Å²) in [5.74, 6) is 1.01. The van der Waals surface area contributed by atoms with Crippen LogP contribution in [0.5, 0.6) is 5.75 Å². The van der Waals surface area contributed by atoms with Crippen molar-refractivity contribution >= 4 is 21.5 Å². The fourth-order valence-electron chi connectivity index (χ4n) is 2.35. The Bertz CT molecular complexity index is 844. The zero-order valence-corrected chi connectivity index (χ0v) is 13.6. The summed E-state index contributed by atoms with van der Waals surface area (Å²) in [5.41, 5.74) is 1.28. The van der Waals surface area contributed by atoms with Crippen molar-refractivity contribution in [1.29, 1.82) is 0 Å². The molecule has 0 radical (unpaired) electrons. The summed E-state index contributed by atoms with van der Waals surface area (Å²) in [7, 11) is -3.62. The predicted molar refractivity (Wildman–Crippen MR) is 90.6 cm³/mol. The normalized spacial score (nSPS) is 14.9. The lowest BCUT2D eigenvalue weighted by atomic mass is 10.2. The van der Waals surface area contributed by atoms with Crippen LogP contribution < -0.4 is 10.1 Å². The van der Waals surface area contributed by atoms with Crippen molar-refractivity contribution in [2.24, 2.45) is 4.40 Å². The third-order valence-electron chi connectivity index (χ3n) is 3.53. The molecule has 1 N–H and O–H groups in total. The zero-order chi connectivity index (χ0) is 16.3. The van der Waals surface area contributed by atoms with E-state index in [0.29, 0.717) is 29.4 Å². The van der Waals surface area contributed by atoms with Crippen molar-refractivity contribution in [1.82, 2.24) is 0 Å². The Labute approximate surface area is 136 Å². The van der Waals surface area contributed by atoms with Gasteiger partial charge in [0, 0.05) is 5.56 Å². The van der Waals surface area contributed by atoms with Gasteiger partial charge in [-0.25, -0.2) is 0 Å². The van der Waals surface area contributed by atoms with Crippen LogP contribution in [0.15, 0.2) is 57.8 Å². The molecule has 23 heavy (non-hydrogen) atoms. The number of hydrogen-bond acceptors (Lipinski definition) is 4. The Morgan fingerprint density at radius 2 is 1.83 bits per heavy atom. The minimum Gasteiger partial charge on any atom is -0.491 e. The van der Waals surface area contributed by atoms with Gasteiger partial charge in [0.25, 0.3) is 10.0 Å². The Balaban J connectivity index is 1.89. The van der Waals surface area contributed by atoms with E-state index in [4.69, 9.17) is 4.74 Å². The van der Waals surface area contributed by atoms with Crippen molar-refractivity contribution in [3.8, 4) is 5.75 Å². The number of ether oxygens (including phenoxy) is 1. The number of amidine groups is 1. The van der Waals surface area contributed by atoms with Crippen molar-refractivity contribution in [3.05, 3.63) is 54.1 Å². The average Bonchev–Trinajstić information content (AvgIpc) is 2.81. The Morgan fingerprint density at radius 3 is 2.65 bits per heavy atom. The number of nitrogens with one attached hydrogen (secondary N) is 1. The number of hydrogen-bond donors (Lipinski definition) is 1. The molecule has 0 aromatic heterocycles. The van der Waals surface area contributed by atoms with Gasteiger partial charge >= 0.3 is 0 Å². The van der Waals surface area contributed by atoms with Gasteiger partial charge in [-0.15, -0.1) is 4.40 Å². The largest absolute Gasteiger partial charge is 0.491 e. The predicted octanol–water partition coefficient (Wildman–Crippen LogP) is 3.43. The molecule has 0 atom stereocenters. The van der Waals surface area contributed by atoms with Crippen LogP contribution in [0.4, 0.5) is 5.69 Å². The highest BCUT2D eigenvalue weighted by atomic mass is 32.2. The Hall–Kier alpha value is -2.34. The molecule has 0 aliphatic carbocycles. The van der Waals surface area contributed by atoms with E-state index in [9.17, 15) is 8.42 Å². The molecular weight excluding hydrogens is 312 g/mol. The van der Waals surface area contributed by atoms with E-state index in [-0.39, 0.29) is 4.90 Å². The third kappa shape index (κ3) is 3.22. The van der Waals surface area contributed by atoms with E-state index in [1.54, 1.807) is 24.3 Å². The minimum absolute atomic E-state index is 0.229. The maximum atomic E-state index is 12.1. The lowest BCUT2D eigenvalue weighted by Crippen LogP contribution is -2.12. The summed E-state index contributed by atoms with van der Waals surface area (Å²) in [5, 5.41) is 3.09. The molecule has 120 valence electrons. The lowest BCUT2D eigenvalue weighted by Gasteiger charge is -2.13. The van der Waals surface area contributed by atoms with E-state index < -0.39 is 10.0 Å². The van der Waals surface area contributed by atoms with Gasteiger partial charge in [-0.05, 0) is 30.7 Å². The molecule has 6 heteroatoms. The average molecular weight is 330 g/mol. The molecule has 0 amide bonds. The maximum Gasteiger partial charge on any atom is 0.285 e. The van der Waals surface area contributed by atoms with Gasteiger partial charge in [-0.2, -0.15) is 8.42 Å². The molecule has 0 fully saturated rings. The Kier molecular flexibility index (Phi) is 4.34. The van der Waals surface area contributed by atoms with Crippen molar-refractivity contribution in [2.45, 2.75) is 24.7 Å². The summed E-state index contributed by atoms with van der Waals surface area (Å²) in [4.78, 5) is 0.229. The number of benzene rings is 2. The Morgan fingerprint density at radius 1 is 1.09 bits per heavy atom. The molecule has 1 aliphatic heterocycles. The third-order valence-corrected chi connectivity index (χ3v) is 4.86.